The summed E-state index contributed by atoms with van der Waals surface area (Å²) in [5, 5.41) is 0. The molecule has 19 heavy (non-hydrogen) atoms. The number of thiol groups is 1. The molecule has 5 heteroatoms. The largest absolute Gasteiger partial charge is 1.00 e. The van der Waals surface area contributed by atoms with Crippen molar-refractivity contribution in [3.8, 4) is 0 Å². The Kier molecular flexibility index (Phi) is 22.6. The lowest BCUT2D eigenvalue weighted by Crippen LogP contribution is -2.17. The van der Waals surface area contributed by atoms with Gasteiger partial charge in [-0.1, -0.05) is 19.4 Å². The van der Waals surface area contributed by atoms with E-state index in [4.69, 9.17) is 0 Å². The summed E-state index contributed by atoms with van der Waals surface area (Å²) in [5.41, 5.74) is 1.06. The summed E-state index contributed by atoms with van der Waals surface area (Å²) < 4.78 is 0.131. The quantitative estimate of drug-likeness (QED) is 0.638. The standard InChI is InChI=1S/C7H14OS.C6H10O.CH4S.H2O/c1-6(8)5-7(2,3)9-4;1-5(2)4-6(3)7;1-2;/h5H2,1-4H3;4H,1-3H3;2H,1H3;1H2/p+1. The van der Waals surface area contributed by atoms with Crippen LogP contribution in [0.4, 0.5) is 0 Å². The molecule has 0 bridgehead atoms. The lowest BCUT2D eigenvalue weighted by atomic mass is 10.1. The topological polar surface area (TPSA) is 65.6 Å². The van der Waals surface area contributed by atoms with E-state index in [1.807, 2.05) is 20.1 Å². The summed E-state index contributed by atoms with van der Waals surface area (Å²) in [5.74, 6) is 0.398. The average Bonchev–Trinajstić information content (AvgIpc) is 2.17. The molecule has 0 fully saturated rings. The fourth-order valence-corrected chi connectivity index (χ4v) is 1.43. The second-order valence-electron chi connectivity index (χ2n) is 4.67. The number of ketones is 2. The van der Waals surface area contributed by atoms with Crippen molar-refractivity contribution in [2.45, 2.75) is 52.7 Å². The molecule has 0 saturated carbocycles. The van der Waals surface area contributed by atoms with Crippen LogP contribution < -0.4 is 0 Å². The molecule has 0 amide bonds. The molecule has 0 aliphatic rings. The highest BCUT2D eigenvalue weighted by Gasteiger charge is 2.17. The molecule has 3 nitrogen and oxygen atoms in total. The zero-order valence-corrected chi connectivity index (χ0v) is 15.2. The second kappa shape index (κ2) is 15.8. The molecule has 0 rings (SSSR count). The molecule has 0 aliphatic heterocycles. The van der Waals surface area contributed by atoms with E-state index in [-0.39, 0.29) is 23.2 Å². The van der Waals surface area contributed by atoms with E-state index < -0.39 is 0 Å². The van der Waals surface area contributed by atoms with Gasteiger partial charge in [0.2, 0.25) is 0 Å². The van der Waals surface area contributed by atoms with Crippen molar-refractivity contribution in [2.24, 2.45) is 0 Å². The van der Waals surface area contributed by atoms with Crippen molar-refractivity contribution >= 4 is 36.0 Å². The SMILES string of the molecule is CC(=O)C=C(C)C.CS.CSC(C)(C)CC(C)=O.O.[H+]. The Hall–Kier alpha value is -0.260. The van der Waals surface area contributed by atoms with Gasteiger partial charge in [-0.3, -0.25) is 9.59 Å². The normalized spacial score (nSPS) is 8.68. The number of hydrogen-bond donors (Lipinski definition) is 1. The van der Waals surface area contributed by atoms with E-state index in [1.54, 1.807) is 37.9 Å². The summed E-state index contributed by atoms with van der Waals surface area (Å²) in [6.07, 6.45) is 6.01. The molecule has 0 saturated heterocycles. The summed E-state index contributed by atoms with van der Waals surface area (Å²) in [6, 6.07) is 0. The van der Waals surface area contributed by atoms with Crippen molar-refractivity contribution in [1.29, 1.82) is 0 Å². The molecule has 0 atom stereocenters. The number of thioether (sulfide) groups is 1. The molecule has 0 spiro atoms. The molecule has 0 unspecified atom stereocenters. The summed E-state index contributed by atoms with van der Waals surface area (Å²) >= 11 is 5.26. The van der Waals surface area contributed by atoms with Gasteiger partial charge in [-0.05, 0) is 46.3 Å². The van der Waals surface area contributed by atoms with Crippen molar-refractivity contribution in [3.63, 3.8) is 0 Å². The lowest BCUT2D eigenvalue weighted by molar-refractivity contribution is -0.117. The Morgan fingerprint density at radius 1 is 1.16 bits per heavy atom. The van der Waals surface area contributed by atoms with Gasteiger partial charge in [-0.2, -0.15) is 24.4 Å². The minimum absolute atomic E-state index is 0. The van der Waals surface area contributed by atoms with Gasteiger partial charge in [-0.15, -0.1) is 0 Å². The van der Waals surface area contributed by atoms with Crippen molar-refractivity contribution < 1.29 is 16.5 Å². The molecule has 0 aromatic heterocycles. The van der Waals surface area contributed by atoms with Gasteiger partial charge in [0.25, 0.3) is 0 Å². The Morgan fingerprint density at radius 2 is 1.53 bits per heavy atom. The lowest BCUT2D eigenvalue weighted by Gasteiger charge is -2.19. The first-order valence-electron chi connectivity index (χ1n) is 5.75. The van der Waals surface area contributed by atoms with E-state index in [9.17, 15) is 9.59 Å². The van der Waals surface area contributed by atoms with Crippen molar-refractivity contribution in [3.05, 3.63) is 11.6 Å². The van der Waals surface area contributed by atoms with Gasteiger partial charge in [0.05, 0.1) is 0 Å². The first-order chi connectivity index (χ1) is 8.10. The predicted octanol–water partition coefficient (Wildman–Crippen LogP) is 3.48. The zero-order valence-electron chi connectivity index (χ0n) is 14.5. The number of allylic oxidation sites excluding steroid dienone is 2. The van der Waals surface area contributed by atoms with Gasteiger partial charge in [0.1, 0.15) is 5.78 Å². The first-order valence-corrected chi connectivity index (χ1v) is 7.87. The van der Waals surface area contributed by atoms with Crippen LogP contribution in [0.5, 0.6) is 0 Å². The Morgan fingerprint density at radius 3 is 1.58 bits per heavy atom. The molecular formula is C14H31O3S2+. The third-order valence-corrected chi connectivity index (χ3v) is 2.97. The van der Waals surface area contributed by atoms with E-state index >= 15 is 0 Å². The number of Topliss-reactive ketones (excluding diaryl/α,β-unsaturated/α-hetero) is 1. The monoisotopic (exact) mass is 311 g/mol. The van der Waals surface area contributed by atoms with Crippen LogP contribution >= 0.6 is 24.4 Å². The van der Waals surface area contributed by atoms with Gasteiger partial charge in [0.15, 0.2) is 5.78 Å². The predicted molar refractivity (Wildman–Crippen MR) is 92.6 cm³/mol. The number of carbonyl (C=O) groups is 2. The Labute approximate surface area is 129 Å². The van der Waals surface area contributed by atoms with Crippen LogP contribution in [0.3, 0.4) is 0 Å². The minimum Gasteiger partial charge on any atom is -0.412 e. The highest BCUT2D eigenvalue weighted by Crippen LogP contribution is 2.24. The van der Waals surface area contributed by atoms with E-state index in [1.165, 1.54) is 0 Å². The molecule has 0 heterocycles. The van der Waals surface area contributed by atoms with Crippen molar-refractivity contribution in [2.75, 3.05) is 12.5 Å². The number of hydrogen-bond acceptors (Lipinski definition) is 4. The first kappa shape index (κ1) is 27.1. The maximum Gasteiger partial charge on any atom is 1.00 e. The molecule has 0 aliphatic carbocycles. The third kappa shape index (κ3) is 31.9. The summed E-state index contributed by atoms with van der Waals surface area (Å²) in [6.45, 7) is 11.2. The fourth-order valence-electron chi connectivity index (χ4n) is 1.08. The third-order valence-electron chi connectivity index (χ3n) is 1.72. The number of rotatable bonds is 4. The van der Waals surface area contributed by atoms with Crippen LogP contribution in [-0.2, 0) is 9.59 Å². The van der Waals surface area contributed by atoms with Gasteiger partial charge in [0, 0.05) is 11.2 Å². The van der Waals surface area contributed by atoms with Crippen molar-refractivity contribution in [1.82, 2.24) is 0 Å². The van der Waals surface area contributed by atoms with Gasteiger partial charge < -0.3 is 5.48 Å². The van der Waals surface area contributed by atoms with E-state index in [2.05, 4.69) is 26.5 Å². The molecule has 116 valence electrons. The molecule has 2 N–H and O–H groups in total. The Balaban J connectivity index is -0.0000000622. The molecular weight excluding hydrogens is 280 g/mol. The Bertz CT molecular complexity index is 274. The number of carbonyl (C=O) groups excluding carboxylic acids is 2. The second-order valence-corrected chi connectivity index (χ2v) is 6.19. The highest BCUT2D eigenvalue weighted by molar-refractivity contribution is 7.99. The van der Waals surface area contributed by atoms with E-state index in [0.29, 0.717) is 6.42 Å². The smallest absolute Gasteiger partial charge is 0.412 e. The highest BCUT2D eigenvalue weighted by atomic mass is 32.2. The zero-order chi connectivity index (χ0) is 15.4. The van der Waals surface area contributed by atoms with E-state index in [0.717, 1.165) is 5.57 Å². The van der Waals surface area contributed by atoms with Gasteiger partial charge >= 0.3 is 1.43 Å². The van der Waals surface area contributed by atoms with Crippen LogP contribution in [0.2, 0.25) is 0 Å². The molecule has 0 aromatic rings. The average molecular weight is 312 g/mol. The van der Waals surface area contributed by atoms with Crippen LogP contribution in [0.25, 0.3) is 0 Å². The van der Waals surface area contributed by atoms with Crippen LogP contribution in [0.1, 0.15) is 49.4 Å². The van der Waals surface area contributed by atoms with Gasteiger partial charge in [-0.25, -0.2) is 0 Å². The maximum atomic E-state index is 10.6. The van der Waals surface area contributed by atoms with Crippen LogP contribution in [-0.4, -0.2) is 34.3 Å². The summed E-state index contributed by atoms with van der Waals surface area (Å²) in [4.78, 5) is 20.8. The van der Waals surface area contributed by atoms with Crippen LogP contribution in [0, 0.1) is 0 Å². The molecule has 0 radical (unpaired) electrons. The molecule has 0 aromatic carbocycles. The fraction of sp³-hybridized carbons (Fsp3) is 0.714. The maximum absolute atomic E-state index is 10.6. The summed E-state index contributed by atoms with van der Waals surface area (Å²) in [7, 11) is 0. The minimum atomic E-state index is 0. The van der Waals surface area contributed by atoms with Crippen LogP contribution in [0.15, 0.2) is 11.6 Å².